The molecule has 0 fully saturated rings. The van der Waals surface area contributed by atoms with Crippen molar-refractivity contribution in [3.05, 3.63) is 64.2 Å². The van der Waals surface area contributed by atoms with Crippen LogP contribution in [-0.2, 0) is 14.8 Å². The molecule has 11 heteroatoms. The van der Waals surface area contributed by atoms with Gasteiger partial charge in [0.25, 0.3) is 11.6 Å². The van der Waals surface area contributed by atoms with E-state index < -0.39 is 26.9 Å². The molecular formula is C20H24N4O6S. The summed E-state index contributed by atoms with van der Waals surface area (Å²) in [6.07, 6.45) is 1.01. The molecule has 0 bridgehead atoms. The van der Waals surface area contributed by atoms with Gasteiger partial charge in [-0.2, -0.15) is 5.10 Å². The van der Waals surface area contributed by atoms with Crippen molar-refractivity contribution < 1.29 is 22.9 Å². The molecule has 1 amide bonds. The van der Waals surface area contributed by atoms with Gasteiger partial charge in [0.15, 0.2) is 0 Å². The van der Waals surface area contributed by atoms with E-state index in [1.54, 1.807) is 31.2 Å². The van der Waals surface area contributed by atoms with E-state index in [4.69, 9.17) is 4.74 Å². The molecule has 0 radical (unpaired) electrons. The Morgan fingerprint density at radius 3 is 2.26 bits per heavy atom. The molecule has 2 rings (SSSR count). The van der Waals surface area contributed by atoms with E-state index in [1.165, 1.54) is 31.2 Å². The number of carbonyl (C=O) groups is 1. The van der Waals surface area contributed by atoms with Crippen LogP contribution in [-0.4, -0.2) is 43.9 Å². The Balaban J connectivity index is 2.19. The van der Waals surface area contributed by atoms with Gasteiger partial charge in [0.1, 0.15) is 11.8 Å². The van der Waals surface area contributed by atoms with Crippen LogP contribution >= 0.6 is 0 Å². The fourth-order valence-electron chi connectivity index (χ4n) is 2.79. The van der Waals surface area contributed by atoms with Gasteiger partial charge in [0, 0.05) is 12.1 Å². The van der Waals surface area contributed by atoms with Gasteiger partial charge in [0.2, 0.25) is 10.0 Å². The van der Waals surface area contributed by atoms with Crippen LogP contribution in [0.4, 0.5) is 11.4 Å². The quantitative estimate of drug-likeness (QED) is 0.356. The molecule has 2 aromatic carbocycles. The van der Waals surface area contributed by atoms with Crippen molar-refractivity contribution in [1.29, 1.82) is 0 Å². The van der Waals surface area contributed by atoms with Crippen molar-refractivity contribution in [1.82, 2.24) is 5.43 Å². The zero-order valence-electron chi connectivity index (χ0n) is 17.6. The van der Waals surface area contributed by atoms with Crippen LogP contribution in [0.3, 0.4) is 0 Å². The molecule has 2 aromatic rings. The van der Waals surface area contributed by atoms with Gasteiger partial charge in [-0.1, -0.05) is 0 Å². The summed E-state index contributed by atoms with van der Waals surface area (Å²) in [6, 6.07) is 11.0. The number of nitro groups is 1. The highest BCUT2D eigenvalue weighted by Gasteiger charge is 2.29. The second-order valence-corrected chi connectivity index (χ2v) is 8.50. The topological polar surface area (TPSA) is 131 Å². The van der Waals surface area contributed by atoms with Crippen molar-refractivity contribution in [3.63, 3.8) is 0 Å². The first-order chi connectivity index (χ1) is 14.5. The molecule has 0 saturated heterocycles. The summed E-state index contributed by atoms with van der Waals surface area (Å²) < 4.78 is 31.1. The zero-order chi connectivity index (χ0) is 23.2. The lowest BCUT2D eigenvalue weighted by Crippen LogP contribution is -2.46. The molecule has 0 saturated carbocycles. The van der Waals surface area contributed by atoms with E-state index in [9.17, 15) is 23.3 Å². The zero-order valence-corrected chi connectivity index (χ0v) is 18.4. The normalized spacial score (nSPS) is 12.7. The van der Waals surface area contributed by atoms with E-state index in [2.05, 4.69) is 10.5 Å². The Bertz CT molecular complexity index is 1070. The number of anilines is 1. The van der Waals surface area contributed by atoms with Crippen LogP contribution in [0.2, 0.25) is 0 Å². The molecule has 0 aliphatic rings. The maximum atomic E-state index is 12.6. The minimum absolute atomic E-state index is 0.0617. The largest absolute Gasteiger partial charge is 0.494 e. The Hall–Kier alpha value is -3.47. The van der Waals surface area contributed by atoms with Crippen molar-refractivity contribution in [2.45, 2.75) is 26.8 Å². The summed E-state index contributed by atoms with van der Waals surface area (Å²) in [5, 5.41) is 14.7. The Morgan fingerprint density at radius 1 is 1.19 bits per heavy atom. The number of hydrogen-bond donors (Lipinski definition) is 1. The lowest BCUT2D eigenvalue weighted by molar-refractivity contribution is -0.384. The molecule has 0 aliphatic heterocycles. The van der Waals surface area contributed by atoms with Crippen LogP contribution in [0.15, 0.2) is 53.6 Å². The Labute approximate surface area is 180 Å². The first-order valence-electron chi connectivity index (χ1n) is 9.35. The minimum Gasteiger partial charge on any atom is -0.494 e. The number of sulfonamides is 1. The summed E-state index contributed by atoms with van der Waals surface area (Å²) in [5.41, 5.74) is 3.58. The highest BCUT2D eigenvalue weighted by Crippen LogP contribution is 2.24. The first kappa shape index (κ1) is 23.8. The number of amides is 1. The molecule has 10 nitrogen and oxygen atoms in total. The average molecular weight is 449 g/mol. The molecule has 0 aliphatic carbocycles. The highest BCUT2D eigenvalue weighted by atomic mass is 32.2. The Kier molecular flexibility index (Phi) is 7.70. The van der Waals surface area contributed by atoms with E-state index >= 15 is 0 Å². The third-order valence-corrected chi connectivity index (χ3v) is 5.56. The maximum Gasteiger partial charge on any atom is 0.269 e. The van der Waals surface area contributed by atoms with Crippen LogP contribution < -0.4 is 14.5 Å². The lowest BCUT2D eigenvalue weighted by Gasteiger charge is -2.27. The van der Waals surface area contributed by atoms with E-state index in [-0.39, 0.29) is 5.69 Å². The maximum absolute atomic E-state index is 12.6. The monoisotopic (exact) mass is 448 g/mol. The SMILES string of the molecule is CCOc1ccc(N([C@H](C)C(=O)N/N=C(/C)c2ccc([N+](=O)[O-])cc2)S(C)(=O)=O)cc1. The molecule has 1 atom stereocenters. The minimum atomic E-state index is -3.77. The summed E-state index contributed by atoms with van der Waals surface area (Å²) >= 11 is 0. The number of benzene rings is 2. The predicted octanol–water partition coefficient (Wildman–Crippen LogP) is 2.69. The molecule has 1 N–H and O–H groups in total. The lowest BCUT2D eigenvalue weighted by atomic mass is 10.1. The number of carbonyl (C=O) groups excluding carboxylic acids is 1. The van der Waals surface area contributed by atoms with Gasteiger partial charge in [-0.15, -0.1) is 0 Å². The number of nitrogens with zero attached hydrogens (tertiary/aromatic N) is 3. The number of non-ortho nitro benzene ring substituents is 1. The fraction of sp³-hybridized carbons (Fsp3) is 0.300. The third kappa shape index (κ3) is 6.25. The van der Waals surface area contributed by atoms with Gasteiger partial charge in [-0.3, -0.25) is 19.2 Å². The fourth-order valence-corrected chi connectivity index (χ4v) is 3.96. The van der Waals surface area contributed by atoms with Crippen LogP contribution in [0, 0.1) is 10.1 Å². The standard InChI is InChI=1S/C20H24N4O6S/c1-5-30-19-12-10-17(11-13-19)23(31(4,28)29)15(3)20(25)22-21-14(2)16-6-8-18(9-7-16)24(26)27/h6-13,15H,5H2,1-4H3,(H,22,25)/b21-14-/t15-/m1/s1. The average Bonchev–Trinajstić information content (AvgIpc) is 2.72. The van der Waals surface area contributed by atoms with E-state index in [0.29, 0.717) is 29.3 Å². The summed E-state index contributed by atoms with van der Waals surface area (Å²) in [5.74, 6) is -0.0549. The number of ether oxygens (including phenoxy) is 1. The smallest absolute Gasteiger partial charge is 0.269 e. The van der Waals surface area contributed by atoms with Gasteiger partial charge in [-0.25, -0.2) is 13.8 Å². The van der Waals surface area contributed by atoms with E-state index in [1.807, 2.05) is 6.92 Å². The molecule has 0 aromatic heterocycles. The number of nitrogens with one attached hydrogen (secondary N) is 1. The number of rotatable bonds is 9. The van der Waals surface area contributed by atoms with Crippen LogP contribution in [0.1, 0.15) is 26.3 Å². The van der Waals surface area contributed by atoms with Crippen molar-refractivity contribution >= 4 is 33.0 Å². The third-order valence-electron chi connectivity index (χ3n) is 4.32. The van der Waals surface area contributed by atoms with Crippen molar-refractivity contribution in [3.8, 4) is 5.75 Å². The van der Waals surface area contributed by atoms with Crippen molar-refractivity contribution in [2.24, 2.45) is 5.10 Å². The molecule has 166 valence electrons. The van der Waals surface area contributed by atoms with Gasteiger partial charge in [-0.05, 0) is 62.7 Å². The summed E-state index contributed by atoms with van der Waals surface area (Å²) in [6.45, 7) is 5.37. The highest BCUT2D eigenvalue weighted by molar-refractivity contribution is 7.92. The molecular weight excluding hydrogens is 424 g/mol. The molecule has 31 heavy (non-hydrogen) atoms. The van der Waals surface area contributed by atoms with Crippen molar-refractivity contribution in [2.75, 3.05) is 17.2 Å². The Morgan fingerprint density at radius 2 is 1.77 bits per heavy atom. The predicted molar refractivity (Wildman–Crippen MR) is 118 cm³/mol. The van der Waals surface area contributed by atoms with Gasteiger partial charge >= 0.3 is 0 Å². The van der Waals surface area contributed by atoms with E-state index in [0.717, 1.165) is 10.6 Å². The van der Waals surface area contributed by atoms with Gasteiger partial charge < -0.3 is 4.74 Å². The number of hydrazone groups is 1. The second kappa shape index (κ2) is 10.0. The van der Waals surface area contributed by atoms with Crippen LogP contribution in [0.5, 0.6) is 5.75 Å². The second-order valence-electron chi connectivity index (χ2n) is 6.64. The summed E-state index contributed by atoms with van der Waals surface area (Å²) in [7, 11) is -3.77. The molecule has 0 spiro atoms. The summed E-state index contributed by atoms with van der Waals surface area (Å²) in [4.78, 5) is 22.8. The van der Waals surface area contributed by atoms with Gasteiger partial charge in [0.05, 0.1) is 29.2 Å². The number of hydrogen-bond acceptors (Lipinski definition) is 7. The molecule has 0 unspecified atom stereocenters. The molecule has 0 heterocycles. The number of nitro benzene ring substituents is 1. The van der Waals surface area contributed by atoms with Crippen LogP contribution in [0.25, 0.3) is 0 Å². The first-order valence-corrected chi connectivity index (χ1v) is 11.2.